The highest BCUT2D eigenvalue weighted by Gasteiger charge is 2.52. The fourth-order valence-electron chi connectivity index (χ4n) is 1.13. The van der Waals surface area contributed by atoms with Crippen molar-refractivity contribution in [2.45, 2.75) is 36.4 Å². The molecule has 0 saturated carbocycles. The Kier molecular flexibility index (Phi) is 3.27. The Morgan fingerprint density at radius 3 is 2.21 bits per heavy atom. The van der Waals surface area contributed by atoms with Gasteiger partial charge in [-0.3, -0.25) is 4.79 Å². The van der Waals surface area contributed by atoms with Gasteiger partial charge in [0.25, 0.3) is 5.91 Å². The van der Waals surface area contributed by atoms with Gasteiger partial charge in [-0.25, -0.2) is 0 Å². The lowest BCUT2D eigenvalue weighted by molar-refractivity contribution is -0.124. The van der Waals surface area contributed by atoms with Crippen molar-refractivity contribution in [2.24, 2.45) is 5.92 Å². The van der Waals surface area contributed by atoms with E-state index in [1.165, 1.54) is 0 Å². The lowest BCUT2D eigenvalue weighted by Gasteiger charge is -2.28. The van der Waals surface area contributed by atoms with Crippen LogP contribution in [-0.2, 0) is 9.53 Å². The van der Waals surface area contributed by atoms with E-state index in [0.29, 0.717) is 0 Å². The summed E-state index contributed by atoms with van der Waals surface area (Å²) in [6.45, 7) is 5.59. The molecule has 1 amide bonds. The van der Waals surface area contributed by atoms with E-state index in [-0.39, 0.29) is 11.8 Å². The van der Waals surface area contributed by atoms with Crippen LogP contribution in [0.1, 0.15) is 20.8 Å². The van der Waals surface area contributed by atoms with Crippen LogP contribution in [-0.4, -0.2) is 21.5 Å². The molecule has 0 unspecified atom stereocenters. The quantitative estimate of drug-likeness (QED) is 0.734. The normalized spacial score (nSPS) is 33.6. The number of rotatable bonds is 1. The van der Waals surface area contributed by atoms with Crippen LogP contribution < -0.4 is 5.32 Å². The molecule has 1 aliphatic heterocycles. The van der Waals surface area contributed by atoms with Gasteiger partial charge in [-0.05, 0) is 6.92 Å². The van der Waals surface area contributed by atoms with Crippen molar-refractivity contribution in [3.05, 3.63) is 0 Å². The number of halogens is 3. The van der Waals surface area contributed by atoms with Crippen molar-refractivity contribution in [1.29, 1.82) is 0 Å². The zero-order chi connectivity index (χ0) is 11.1. The summed E-state index contributed by atoms with van der Waals surface area (Å²) in [4.78, 5) is 11.5. The summed E-state index contributed by atoms with van der Waals surface area (Å²) < 4.78 is 3.71. The van der Waals surface area contributed by atoms with Gasteiger partial charge in [0.05, 0.1) is 0 Å². The molecule has 82 valence electrons. The molecule has 0 bridgehead atoms. The fourth-order valence-corrected chi connectivity index (χ4v) is 1.56. The first-order valence-electron chi connectivity index (χ1n) is 4.23. The molecule has 14 heavy (non-hydrogen) atoms. The summed E-state index contributed by atoms with van der Waals surface area (Å²) in [7, 11) is 0. The van der Waals surface area contributed by atoms with E-state index in [9.17, 15) is 4.79 Å². The van der Waals surface area contributed by atoms with E-state index < -0.39 is 15.6 Å². The van der Waals surface area contributed by atoms with Gasteiger partial charge in [0.2, 0.25) is 3.79 Å². The van der Waals surface area contributed by atoms with Gasteiger partial charge < -0.3 is 10.1 Å². The van der Waals surface area contributed by atoms with Crippen molar-refractivity contribution in [1.82, 2.24) is 5.32 Å². The van der Waals surface area contributed by atoms with E-state index in [1.54, 1.807) is 6.92 Å². The Bertz CT molecular complexity index is 251. The predicted molar refractivity (Wildman–Crippen MR) is 56.5 cm³/mol. The van der Waals surface area contributed by atoms with E-state index >= 15 is 0 Å². The third-order valence-electron chi connectivity index (χ3n) is 2.37. The molecule has 0 aromatic rings. The van der Waals surface area contributed by atoms with Crippen LogP contribution in [0.5, 0.6) is 0 Å². The van der Waals surface area contributed by atoms with Gasteiger partial charge in [-0.15, -0.1) is 0 Å². The fraction of sp³-hybridized carbons (Fsp3) is 0.875. The maximum absolute atomic E-state index is 11.5. The number of nitrogens with one attached hydrogen (secondary N) is 1. The molecular weight excluding hydrogens is 248 g/mol. The van der Waals surface area contributed by atoms with Crippen LogP contribution in [0.15, 0.2) is 0 Å². The van der Waals surface area contributed by atoms with E-state index in [0.717, 1.165) is 0 Å². The molecule has 0 aromatic carbocycles. The summed E-state index contributed by atoms with van der Waals surface area (Å²) in [5, 5.41) is 2.67. The number of amides is 1. The highest BCUT2D eigenvalue weighted by molar-refractivity contribution is 6.68. The zero-order valence-corrected chi connectivity index (χ0v) is 10.4. The summed E-state index contributed by atoms with van der Waals surface area (Å²) in [5.41, 5.74) is -0.758. The third kappa shape index (κ3) is 2.27. The molecule has 1 N–H and O–H groups in total. The summed E-state index contributed by atoms with van der Waals surface area (Å²) in [6.07, 6.45) is -1.04. The Labute approximate surface area is 98.0 Å². The molecule has 1 rings (SSSR count). The minimum Gasteiger partial charge on any atom is -0.338 e. The van der Waals surface area contributed by atoms with E-state index in [1.807, 2.05) is 13.8 Å². The van der Waals surface area contributed by atoms with E-state index in [4.69, 9.17) is 39.5 Å². The summed E-state index contributed by atoms with van der Waals surface area (Å²) >= 11 is 16.8. The zero-order valence-electron chi connectivity index (χ0n) is 8.11. The van der Waals surface area contributed by atoms with Crippen molar-refractivity contribution in [3.8, 4) is 0 Å². The second kappa shape index (κ2) is 3.71. The molecule has 0 aliphatic carbocycles. The maximum Gasteiger partial charge on any atom is 0.255 e. The molecule has 0 aromatic heterocycles. The van der Waals surface area contributed by atoms with Crippen LogP contribution >= 0.6 is 34.8 Å². The van der Waals surface area contributed by atoms with Crippen LogP contribution in [0, 0.1) is 5.92 Å². The highest BCUT2D eigenvalue weighted by atomic mass is 35.6. The summed E-state index contributed by atoms with van der Waals surface area (Å²) in [5.74, 6) is -0.287. The largest absolute Gasteiger partial charge is 0.338 e. The number of alkyl halides is 3. The molecule has 1 fully saturated rings. The lowest BCUT2D eigenvalue weighted by Crippen LogP contribution is -2.44. The van der Waals surface area contributed by atoms with Crippen LogP contribution in [0.25, 0.3) is 0 Å². The van der Waals surface area contributed by atoms with Crippen molar-refractivity contribution in [3.63, 3.8) is 0 Å². The third-order valence-corrected chi connectivity index (χ3v) is 2.97. The number of hydrogen-bond acceptors (Lipinski definition) is 2. The average molecular weight is 261 g/mol. The van der Waals surface area contributed by atoms with Gasteiger partial charge >= 0.3 is 0 Å². The first kappa shape index (κ1) is 12.4. The second-order valence-corrected chi connectivity index (χ2v) is 6.16. The molecule has 0 spiro atoms. The molecule has 1 heterocycles. The smallest absolute Gasteiger partial charge is 0.255 e. The van der Waals surface area contributed by atoms with Gasteiger partial charge in [-0.1, -0.05) is 48.7 Å². The number of carbonyl (C=O) groups is 1. The minimum absolute atomic E-state index is 0.101. The Morgan fingerprint density at radius 1 is 1.50 bits per heavy atom. The van der Waals surface area contributed by atoms with Crippen LogP contribution in [0.2, 0.25) is 0 Å². The summed E-state index contributed by atoms with van der Waals surface area (Å²) in [6, 6.07) is 0. The van der Waals surface area contributed by atoms with Gasteiger partial charge in [-0.2, -0.15) is 0 Å². The van der Waals surface area contributed by atoms with Gasteiger partial charge in [0, 0.05) is 5.92 Å². The number of hydrogen-bond donors (Lipinski definition) is 1. The van der Waals surface area contributed by atoms with Crippen molar-refractivity contribution in [2.75, 3.05) is 0 Å². The predicted octanol–water partition coefficient (Wildman–Crippen LogP) is 2.24. The Balaban J connectivity index is 2.84. The Hall–Kier alpha value is 0.300. The van der Waals surface area contributed by atoms with Crippen molar-refractivity contribution < 1.29 is 9.53 Å². The van der Waals surface area contributed by atoms with Gasteiger partial charge in [0.15, 0.2) is 6.10 Å². The number of carbonyl (C=O) groups excluding carboxylic acids is 1. The van der Waals surface area contributed by atoms with Crippen LogP contribution in [0.4, 0.5) is 0 Å². The monoisotopic (exact) mass is 259 g/mol. The van der Waals surface area contributed by atoms with Gasteiger partial charge in [0.1, 0.15) is 5.72 Å². The Morgan fingerprint density at radius 2 is 2.00 bits per heavy atom. The molecular formula is C8H12Cl3NO2. The molecule has 1 saturated heterocycles. The molecule has 0 radical (unpaired) electrons. The highest BCUT2D eigenvalue weighted by Crippen LogP contribution is 2.39. The molecule has 3 nitrogen and oxygen atoms in total. The first-order valence-corrected chi connectivity index (χ1v) is 5.37. The standard InChI is InChI=1S/C8H12Cl3NO2/c1-4(2)7(3)12-6(13)5(14-7)8(9,10)11/h4-5H,1-3H3,(H,12,13)/t5-,7+/m1/s1. The van der Waals surface area contributed by atoms with Crippen LogP contribution in [0.3, 0.4) is 0 Å². The first-order chi connectivity index (χ1) is 6.17. The molecule has 1 aliphatic rings. The number of ether oxygens (including phenoxy) is 1. The van der Waals surface area contributed by atoms with Crippen molar-refractivity contribution >= 4 is 40.7 Å². The minimum atomic E-state index is -1.73. The second-order valence-electron chi connectivity index (χ2n) is 3.79. The molecule has 2 atom stereocenters. The SMILES string of the molecule is CC(C)[C@@]1(C)NC(=O)[C@H](C(Cl)(Cl)Cl)O1. The lowest BCUT2D eigenvalue weighted by atomic mass is 10.0. The molecule has 6 heteroatoms. The van der Waals surface area contributed by atoms with E-state index in [2.05, 4.69) is 5.32 Å². The average Bonchev–Trinajstić information content (AvgIpc) is 2.26. The topological polar surface area (TPSA) is 38.3 Å². The maximum atomic E-state index is 11.5.